The molecule has 0 heterocycles. The Labute approximate surface area is 300 Å². The van der Waals surface area contributed by atoms with Crippen molar-refractivity contribution in [3.63, 3.8) is 0 Å². The summed E-state index contributed by atoms with van der Waals surface area (Å²) in [5, 5.41) is 52.5. The van der Waals surface area contributed by atoms with Crippen LogP contribution in [0.2, 0.25) is 0 Å². The molecule has 0 saturated heterocycles. The van der Waals surface area contributed by atoms with Gasteiger partial charge in [-0.3, -0.25) is 20.2 Å². The molecular weight excluding hydrogens is 682 g/mol. The van der Waals surface area contributed by atoms with Crippen LogP contribution in [0.3, 0.4) is 0 Å². The van der Waals surface area contributed by atoms with Gasteiger partial charge in [0.1, 0.15) is 5.82 Å². The predicted molar refractivity (Wildman–Crippen MR) is 201 cm³/mol. The summed E-state index contributed by atoms with van der Waals surface area (Å²) in [7, 11) is 0. The van der Waals surface area contributed by atoms with Crippen molar-refractivity contribution < 1.29 is 29.6 Å². The Balaban J connectivity index is -0.000000594. The van der Waals surface area contributed by atoms with E-state index >= 15 is 0 Å². The van der Waals surface area contributed by atoms with E-state index < -0.39 is 15.7 Å². The lowest BCUT2D eigenvalue weighted by atomic mass is 10.1. The van der Waals surface area contributed by atoms with Crippen LogP contribution in [0.5, 0.6) is 0 Å². The zero-order valence-corrected chi connectivity index (χ0v) is 30.0. The van der Waals surface area contributed by atoms with E-state index in [0.717, 1.165) is 91.9 Å². The molecule has 0 atom stereocenters. The molecule has 13 nitrogen and oxygen atoms in total. The minimum absolute atomic E-state index is 0. The zero-order chi connectivity index (χ0) is 35.6. The van der Waals surface area contributed by atoms with Crippen molar-refractivity contribution in [2.24, 2.45) is 5.73 Å². The number of anilines is 3. The highest BCUT2D eigenvalue weighted by Gasteiger charge is 2.08. The second-order valence-electron chi connectivity index (χ2n) is 10.5. The molecule has 0 spiro atoms. The van der Waals surface area contributed by atoms with Crippen LogP contribution in [-0.2, 0) is 0 Å². The molecule has 0 unspecified atom stereocenters. The van der Waals surface area contributed by atoms with Crippen LogP contribution in [0.1, 0.15) is 55.2 Å². The number of hydrogen-bond donors (Lipinski definition) is 7. The second-order valence-corrected chi connectivity index (χ2v) is 10.5. The van der Waals surface area contributed by atoms with Gasteiger partial charge in [-0.05, 0) is 113 Å². The van der Waals surface area contributed by atoms with E-state index in [1.807, 2.05) is 32.0 Å². The summed E-state index contributed by atoms with van der Waals surface area (Å²) in [4.78, 5) is 19.7. The highest BCUT2D eigenvalue weighted by molar-refractivity contribution is 5.85. The summed E-state index contributed by atoms with van der Waals surface area (Å²) in [5.41, 5.74) is 15.9. The fourth-order valence-corrected chi connectivity index (χ4v) is 3.76. The maximum absolute atomic E-state index is 12.5. The van der Waals surface area contributed by atoms with Crippen molar-refractivity contribution >= 4 is 53.3 Å². The van der Waals surface area contributed by atoms with Crippen LogP contribution in [0, 0.1) is 46.8 Å². The number of rotatable bonds is 15. The monoisotopic (exact) mass is 734 g/mol. The Kier molecular flexibility index (Phi) is 30.6. The number of unbranched alkanes of at least 4 members (excludes halogenated alkanes) is 3. The number of non-ortho nitro benzene ring substituents is 2. The van der Waals surface area contributed by atoms with Crippen molar-refractivity contribution in [2.75, 3.05) is 55.8 Å². The lowest BCUT2D eigenvalue weighted by molar-refractivity contribution is -0.385. The molecule has 16 heteroatoms. The molecule has 0 fully saturated rings. The van der Waals surface area contributed by atoms with E-state index in [-0.39, 0.29) is 56.0 Å². The van der Waals surface area contributed by atoms with Gasteiger partial charge in [0, 0.05) is 74.2 Å². The van der Waals surface area contributed by atoms with Crippen LogP contribution in [0.25, 0.3) is 0 Å². The van der Waals surface area contributed by atoms with Gasteiger partial charge in [0.15, 0.2) is 0 Å². The maximum atomic E-state index is 12.5. The largest absolute Gasteiger partial charge is 0.399 e. The Bertz CT molecular complexity index is 1340. The van der Waals surface area contributed by atoms with Gasteiger partial charge in [-0.1, -0.05) is 0 Å². The fraction of sp³-hybridized carbons (Fsp3) is 0.455. The molecule has 278 valence electrons. The molecule has 0 bridgehead atoms. The third-order valence-electron chi connectivity index (χ3n) is 6.44. The number of aryl methyl sites for hydroxylation is 3. The number of halogens is 3. The topological polar surface area (TPSA) is 223 Å². The number of nitrogens with zero attached hydrogens (tertiary/aromatic N) is 2. The Morgan fingerprint density at radius 3 is 1.43 bits per heavy atom. The van der Waals surface area contributed by atoms with E-state index in [4.69, 9.17) is 26.8 Å². The molecular formula is C33H53Cl2FN6O7. The van der Waals surface area contributed by atoms with Crippen molar-refractivity contribution in [1.82, 2.24) is 0 Å². The number of nitro benzene ring substituents is 2. The zero-order valence-electron chi connectivity index (χ0n) is 28.4. The van der Waals surface area contributed by atoms with E-state index in [1.54, 1.807) is 12.1 Å². The van der Waals surface area contributed by atoms with Gasteiger partial charge in [-0.15, -0.1) is 24.8 Å². The van der Waals surface area contributed by atoms with Crippen LogP contribution in [-0.4, -0.2) is 64.6 Å². The van der Waals surface area contributed by atoms with Gasteiger partial charge in [0.05, 0.1) is 9.85 Å². The third kappa shape index (κ3) is 23.2. The SMILES string of the molecule is Cc1cc(N)ccc1NCCCCO.Cc1cc([N+](=O)[O-])ccc1F.Cc1cc([N+](=O)[O-])ccc1NCCCCO.Cl.Cl.NCCCCO. The van der Waals surface area contributed by atoms with E-state index in [0.29, 0.717) is 12.1 Å². The Hall–Kier alpha value is -3.79. The number of benzene rings is 3. The standard InChI is InChI=1S/C11H16N2O3.C11H18N2O.C7H6FNO2.C4H11NO.2ClH/c1-9-8-10(13(15)16)4-5-11(9)12-6-2-3-7-14;1-9-8-10(12)4-5-11(9)13-6-2-3-7-14;1-5-4-6(9(10)11)2-3-7(5)8;5-3-1-2-4-6;;/h4-5,8,12,14H,2-3,6-7H2,1H3;4-5,8,13-14H,2-3,6-7,12H2,1H3;2-4H,1H3;6H,1-5H2;2*1H. The van der Waals surface area contributed by atoms with Gasteiger partial charge in [-0.2, -0.15) is 0 Å². The number of nitrogen functional groups attached to an aromatic ring is 1. The number of aliphatic hydroxyl groups excluding tert-OH is 3. The number of nitro groups is 2. The number of nitrogens with two attached hydrogens (primary N) is 2. The fourth-order valence-electron chi connectivity index (χ4n) is 3.76. The summed E-state index contributed by atoms with van der Waals surface area (Å²) >= 11 is 0. The van der Waals surface area contributed by atoms with Gasteiger partial charge < -0.3 is 37.4 Å². The maximum Gasteiger partial charge on any atom is 0.269 e. The molecule has 0 amide bonds. The smallest absolute Gasteiger partial charge is 0.269 e. The number of hydrogen-bond acceptors (Lipinski definition) is 11. The first-order valence-corrected chi connectivity index (χ1v) is 15.4. The third-order valence-corrected chi connectivity index (χ3v) is 6.44. The normalized spacial score (nSPS) is 9.47. The van der Waals surface area contributed by atoms with Gasteiger partial charge in [-0.25, -0.2) is 4.39 Å². The lowest BCUT2D eigenvalue weighted by Crippen LogP contribution is -2.04. The average molecular weight is 736 g/mol. The average Bonchev–Trinajstić information content (AvgIpc) is 3.04. The number of nitrogens with one attached hydrogen (secondary N) is 2. The summed E-state index contributed by atoms with van der Waals surface area (Å²) in [5.74, 6) is -0.421. The summed E-state index contributed by atoms with van der Waals surface area (Å²) in [6.45, 7) is 8.44. The van der Waals surface area contributed by atoms with Crippen LogP contribution < -0.4 is 22.1 Å². The highest BCUT2D eigenvalue weighted by atomic mass is 35.5. The van der Waals surface area contributed by atoms with Crippen molar-refractivity contribution in [1.29, 1.82) is 0 Å². The van der Waals surface area contributed by atoms with Crippen LogP contribution >= 0.6 is 24.8 Å². The molecule has 9 N–H and O–H groups in total. The molecule has 49 heavy (non-hydrogen) atoms. The van der Waals surface area contributed by atoms with Crippen LogP contribution in [0.4, 0.5) is 32.8 Å². The van der Waals surface area contributed by atoms with E-state index in [9.17, 15) is 24.6 Å². The minimum atomic E-state index is -0.549. The molecule has 0 radical (unpaired) electrons. The first-order valence-electron chi connectivity index (χ1n) is 15.4. The van der Waals surface area contributed by atoms with Gasteiger partial charge in [0.25, 0.3) is 11.4 Å². The molecule has 0 saturated carbocycles. The molecule has 0 aromatic heterocycles. The summed E-state index contributed by atoms with van der Waals surface area (Å²) in [6.07, 6.45) is 5.26. The summed E-state index contributed by atoms with van der Waals surface area (Å²) < 4.78 is 12.5. The molecule has 0 aliphatic heterocycles. The minimum Gasteiger partial charge on any atom is -0.399 e. The van der Waals surface area contributed by atoms with Crippen molar-refractivity contribution in [3.8, 4) is 0 Å². The van der Waals surface area contributed by atoms with Gasteiger partial charge >= 0.3 is 0 Å². The molecule has 3 aromatic rings. The number of aliphatic hydroxyl groups is 3. The van der Waals surface area contributed by atoms with Gasteiger partial charge in [0.2, 0.25) is 0 Å². The lowest BCUT2D eigenvalue weighted by Gasteiger charge is -2.09. The molecule has 0 aliphatic carbocycles. The van der Waals surface area contributed by atoms with Crippen LogP contribution in [0.15, 0.2) is 54.6 Å². The highest BCUT2D eigenvalue weighted by Crippen LogP contribution is 2.21. The summed E-state index contributed by atoms with van der Waals surface area (Å²) in [6, 6.07) is 14.0. The molecule has 0 aliphatic rings. The first-order chi connectivity index (χ1) is 22.4. The van der Waals surface area contributed by atoms with E-state index in [1.165, 1.54) is 19.1 Å². The van der Waals surface area contributed by atoms with Crippen molar-refractivity contribution in [3.05, 3.63) is 97.3 Å². The Morgan fingerprint density at radius 1 is 0.653 bits per heavy atom. The predicted octanol–water partition coefficient (Wildman–Crippen LogP) is 6.45. The van der Waals surface area contributed by atoms with E-state index in [2.05, 4.69) is 10.6 Å². The quantitative estimate of drug-likeness (QED) is 0.0389. The second kappa shape index (κ2) is 30.3. The van der Waals surface area contributed by atoms with Crippen molar-refractivity contribution in [2.45, 2.75) is 59.3 Å². The first kappa shape index (κ1) is 49.6. The Morgan fingerprint density at radius 2 is 1.06 bits per heavy atom. The molecule has 3 rings (SSSR count). The molecule has 3 aromatic carbocycles.